The predicted molar refractivity (Wildman–Crippen MR) is 86.2 cm³/mol. The highest BCUT2D eigenvalue weighted by atomic mass is 15.2. The second-order valence-corrected chi connectivity index (χ2v) is 6.09. The van der Waals surface area contributed by atoms with Gasteiger partial charge in [-0.15, -0.1) is 0 Å². The van der Waals surface area contributed by atoms with Gasteiger partial charge in [0.25, 0.3) is 0 Å². The van der Waals surface area contributed by atoms with Crippen molar-refractivity contribution < 1.29 is 0 Å². The van der Waals surface area contributed by atoms with Gasteiger partial charge in [-0.2, -0.15) is 0 Å². The summed E-state index contributed by atoms with van der Waals surface area (Å²) in [6, 6.07) is 4.49. The van der Waals surface area contributed by atoms with Gasteiger partial charge >= 0.3 is 0 Å². The lowest BCUT2D eigenvalue weighted by molar-refractivity contribution is 0.301. The Morgan fingerprint density at radius 2 is 2.00 bits per heavy atom. The zero-order chi connectivity index (χ0) is 14.6. The van der Waals surface area contributed by atoms with E-state index in [1.165, 1.54) is 42.9 Å². The number of aryl methyl sites for hydroxylation is 1. The summed E-state index contributed by atoms with van der Waals surface area (Å²) < 4.78 is 0. The maximum absolute atomic E-state index is 4.85. The molecule has 0 aromatic carbocycles. The fourth-order valence-corrected chi connectivity index (χ4v) is 3.24. The van der Waals surface area contributed by atoms with Crippen LogP contribution >= 0.6 is 0 Å². The summed E-state index contributed by atoms with van der Waals surface area (Å²) in [6.07, 6.45) is 4.86. The van der Waals surface area contributed by atoms with Gasteiger partial charge in [0.1, 0.15) is 5.82 Å². The van der Waals surface area contributed by atoms with E-state index in [4.69, 9.17) is 4.98 Å². The molecule has 1 saturated heterocycles. The van der Waals surface area contributed by atoms with Crippen molar-refractivity contribution >= 4 is 5.82 Å². The van der Waals surface area contributed by atoms with Crippen molar-refractivity contribution in [3.63, 3.8) is 0 Å². The van der Waals surface area contributed by atoms with Gasteiger partial charge in [-0.3, -0.25) is 0 Å². The lowest BCUT2D eigenvalue weighted by Crippen LogP contribution is -2.27. The smallest absolute Gasteiger partial charge is 0.129 e. The standard InChI is InChI=1S/C17H29N3/c1-5-15-10-14(12-18-4)11-16(19-15)20-9-8-17(6-2,7-3)13-20/h10-11,18H,5-9,12-13H2,1-4H3. The molecule has 1 aliphatic heterocycles. The van der Waals surface area contributed by atoms with E-state index in [1.54, 1.807) is 0 Å². The molecule has 3 heteroatoms. The van der Waals surface area contributed by atoms with Crippen molar-refractivity contribution in [2.45, 2.75) is 53.0 Å². The minimum Gasteiger partial charge on any atom is -0.356 e. The predicted octanol–water partition coefficient (Wildman–Crippen LogP) is 3.38. The summed E-state index contributed by atoms with van der Waals surface area (Å²) >= 11 is 0. The van der Waals surface area contributed by atoms with Crippen molar-refractivity contribution in [2.75, 3.05) is 25.0 Å². The van der Waals surface area contributed by atoms with Gasteiger partial charge in [0.15, 0.2) is 0 Å². The van der Waals surface area contributed by atoms with Crippen LogP contribution in [0.25, 0.3) is 0 Å². The SMILES string of the molecule is CCc1cc(CNC)cc(N2CCC(CC)(CC)C2)n1. The van der Waals surface area contributed by atoms with E-state index < -0.39 is 0 Å². The number of pyridine rings is 1. The van der Waals surface area contributed by atoms with Gasteiger partial charge in [0.2, 0.25) is 0 Å². The Bertz CT molecular complexity index is 438. The van der Waals surface area contributed by atoms with Crippen molar-refractivity contribution in [3.05, 3.63) is 23.4 Å². The van der Waals surface area contributed by atoms with Gasteiger partial charge in [-0.05, 0) is 55.8 Å². The zero-order valence-corrected chi connectivity index (χ0v) is 13.5. The molecule has 1 aromatic heterocycles. The average molecular weight is 275 g/mol. The van der Waals surface area contributed by atoms with Crippen LogP contribution in [0, 0.1) is 5.41 Å². The first-order chi connectivity index (χ1) is 9.66. The third-order valence-corrected chi connectivity index (χ3v) is 4.93. The first-order valence-corrected chi connectivity index (χ1v) is 8.05. The Balaban J connectivity index is 2.22. The zero-order valence-electron chi connectivity index (χ0n) is 13.5. The Morgan fingerprint density at radius 1 is 1.25 bits per heavy atom. The summed E-state index contributed by atoms with van der Waals surface area (Å²) in [4.78, 5) is 7.34. The van der Waals surface area contributed by atoms with Gasteiger partial charge < -0.3 is 10.2 Å². The molecule has 0 radical (unpaired) electrons. The van der Waals surface area contributed by atoms with E-state index >= 15 is 0 Å². The third-order valence-electron chi connectivity index (χ3n) is 4.93. The van der Waals surface area contributed by atoms with Crippen LogP contribution < -0.4 is 10.2 Å². The molecular formula is C17H29N3. The number of nitrogens with one attached hydrogen (secondary N) is 1. The van der Waals surface area contributed by atoms with E-state index in [2.05, 4.69) is 43.1 Å². The summed E-state index contributed by atoms with van der Waals surface area (Å²) in [5.74, 6) is 1.18. The van der Waals surface area contributed by atoms with Gasteiger partial charge in [-0.25, -0.2) is 4.98 Å². The molecule has 1 N–H and O–H groups in total. The number of hydrogen-bond donors (Lipinski definition) is 1. The molecule has 1 fully saturated rings. The molecule has 2 rings (SSSR count). The van der Waals surface area contributed by atoms with Crippen LogP contribution in [-0.4, -0.2) is 25.1 Å². The Morgan fingerprint density at radius 3 is 2.55 bits per heavy atom. The molecule has 0 aliphatic carbocycles. The van der Waals surface area contributed by atoms with Gasteiger partial charge in [-0.1, -0.05) is 20.8 Å². The van der Waals surface area contributed by atoms with Crippen LogP contribution in [-0.2, 0) is 13.0 Å². The minimum atomic E-state index is 0.507. The summed E-state index contributed by atoms with van der Waals surface area (Å²) in [6.45, 7) is 10.1. The molecular weight excluding hydrogens is 246 g/mol. The molecule has 1 aliphatic rings. The van der Waals surface area contributed by atoms with E-state index in [-0.39, 0.29) is 0 Å². The summed E-state index contributed by atoms with van der Waals surface area (Å²) in [5.41, 5.74) is 3.06. The fourth-order valence-electron chi connectivity index (χ4n) is 3.24. The first kappa shape index (κ1) is 15.3. The van der Waals surface area contributed by atoms with Crippen LogP contribution in [0.1, 0.15) is 51.3 Å². The maximum atomic E-state index is 4.85. The molecule has 20 heavy (non-hydrogen) atoms. The van der Waals surface area contributed by atoms with Crippen molar-refractivity contribution in [2.24, 2.45) is 5.41 Å². The molecule has 0 spiro atoms. The highest BCUT2D eigenvalue weighted by Gasteiger charge is 2.35. The number of nitrogens with zero attached hydrogens (tertiary/aromatic N) is 2. The Labute approximate surface area is 123 Å². The largest absolute Gasteiger partial charge is 0.356 e. The molecule has 2 heterocycles. The average Bonchev–Trinajstić information content (AvgIpc) is 2.92. The van der Waals surface area contributed by atoms with Crippen LogP contribution in [0.4, 0.5) is 5.82 Å². The highest BCUT2D eigenvalue weighted by Crippen LogP contribution is 2.38. The Hall–Kier alpha value is -1.09. The third kappa shape index (κ3) is 3.14. The molecule has 0 amide bonds. The normalized spacial score (nSPS) is 17.7. The molecule has 0 unspecified atom stereocenters. The van der Waals surface area contributed by atoms with E-state index in [0.717, 1.165) is 19.5 Å². The monoisotopic (exact) mass is 275 g/mol. The lowest BCUT2D eigenvalue weighted by atomic mass is 9.82. The minimum absolute atomic E-state index is 0.507. The summed E-state index contributed by atoms with van der Waals surface area (Å²) in [5, 5.41) is 3.25. The highest BCUT2D eigenvalue weighted by molar-refractivity contribution is 5.44. The first-order valence-electron chi connectivity index (χ1n) is 8.05. The summed E-state index contributed by atoms with van der Waals surface area (Å²) in [7, 11) is 2.00. The fraction of sp³-hybridized carbons (Fsp3) is 0.706. The van der Waals surface area contributed by atoms with Gasteiger partial charge in [0.05, 0.1) is 0 Å². The molecule has 112 valence electrons. The Kier molecular flexibility index (Phi) is 5.03. The maximum Gasteiger partial charge on any atom is 0.129 e. The molecule has 0 bridgehead atoms. The quantitative estimate of drug-likeness (QED) is 0.862. The second kappa shape index (κ2) is 6.57. The molecule has 0 saturated carbocycles. The number of hydrogen-bond acceptors (Lipinski definition) is 3. The van der Waals surface area contributed by atoms with Crippen molar-refractivity contribution in [1.29, 1.82) is 0 Å². The van der Waals surface area contributed by atoms with E-state index in [9.17, 15) is 0 Å². The second-order valence-electron chi connectivity index (χ2n) is 6.09. The topological polar surface area (TPSA) is 28.2 Å². The van der Waals surface area contributed by atoms with Gasteiger partial charge in [0, 0.05) is 25.3 Å². The van der Waals surface area contributed by atoms with Crippen LogP contribution in [0.2, 0.25) is 0 Å². The molecule has 0 atom stereocenters. The number of aromatic nitrogens is 1. The van der Waals surface area contributed by atoms with E-state index in [1.807, 2.05) is 7.05 Å². The van der Waals surface area contributed by atoms with Crippen molar-refractivity contribution in [3.8, 4) is 0 Å². The van der Waals surface area contributed by atoms with Crippen LogP contribution in [0.15, 0.2) is 12.1 Å². The van der Waals surface area contributed by atoms with Crippen LogP contribution in [0.5, 0.6) is 0 Å². The number of rotatable bonds is 6. The van der Waals surface area contributed by atoms with Crippen molar-refractivity contribution in [1.82, 2.24) is 10.3 Å². The number of anilines is 1. The molecule has 1 aromatic rings. The van der Waals surface area contributed by atoms with E-state index in [0.29, 0.717) is 5.41 Å². The molecule has 3 nitrogen and oxygen atoms in total. The lowest BCUT2D eigenvalue weighted by Gasteiger charge is -2.27. The van der Waals surface area contributed by atoms with Crippen LogP contribution in [0.3, 0.4) is 0 Å².